The summed E-state index contributed by atoms with van der Waals surface area (Å²) in [5.74, 6) is 0.297. The summed E-state index contributed by atoms with van der Waals surface area (Å²) in [5, 5.41) is 8.79. The molecule has 1 saturated heterocycles. The molecule has 0 amide bonds. The fourth-order valence-electron chi connectivity index (χ4n) is 2.72. The van der Waals surface area contributed by atoms with Gasteiger partial charge in [0.1, 0.15) is 0 Å². The van der Waals surface area contributed by atoms with Gasteiger partial charge in [0.2, 0.25) is 0 Å². The van der Waals surface area contributed by atoms with Gasteiger partial charge in [-0.2, -0.15) is 0 Å². The molecule has 1 heterocycles. The van der Waals surface area contributed by atoms with Crippen LogP contribution >= 0.6 is 0 Å². The second kappa shape index (κ2) is 4.52. The summed E-state index contributed by atoms with van der Waals surface area (Å²) < 4.78 is 0. The van der Waals surface area contributed by atoms with Crippen LogP contribution in [-0.4, -0.2) is 35.1 Å². The number of rotatable bonds is 4. The minimum Gasteiger partial charge on any atom is -0.481 e. The van der Waals surface area contributed by atoms with Crippen LogP contribution < -0.4 is 0 Å². The highest BCUT2D eigenvalue weighted by Crippen LogP contribution is 2.33. The highest BCUT2D eigenvalue weighted by molar-refractivity contribution is 5.67. The molecule has 15 heavy (non-hydrogen) atoms. The van der Waals surface area contributed by atoms with Gasteiger partial charge in [-0.1, -0.05) is 6.92 Å². The van der Waals surface area contributed by atoms with E-state index in [0.29, 0.717) is 18.3 Å². The van der Waals surface area contributed by atoms with Gasteiger partial charge in [0.15, 0.2) is 0 Å². The van der Waals surface area contributed by atoms with E-state index in [1.807, 2.05) is 0 Å². The lowest BCUT2D eigenvalue weighted by molar-refractivity contribution is -0.138. The maximum Gasteiger partial charge on any atom is 0.303 e. The maximum atomic E-state index is 10.7. The van der Waals surface area contributed by atoms with Gasteiger partial charge < -0.3 is 10.0 Å². The van der Waals surface area contributed by atoms with Crippen molar-refractivity contribution in [1.29, 1.82) is 0 Å². The lowest BCUT2D eigenvalue weighted by Gasteiger charge is -2.35. The molecule has 2 aliphatic rings. The van der Waals surface area contributed by atoms with Crippen LogP contribution in [0.5, 0.6) is 0 Å². The number of carbonyl (C=O) groups is 1. The zero-order valence-corrected chi connectivity index (χ0v) is 9.48. The summed E-state index contributed by atoms with van der Waals surface area (Å²) >= 11 is 0. The van der Waals surface area contributed by atoms with Gasteiger partial charge in [-0.05, 0) is 44.1 Å². The van der Waals surface area contributed by atoms with Crippen LogP contribution in [0.15, 0.2) is 0 Å². The van der Waals surface area contributed by atoms with Gasteiger partial charge in [0, 0.05) is 19.0 Å². The Hall–Kier alpha value is -0.570. The first-order valence-corrected chi connectivity index (χ1v) is 6.12. The Bertz CT molecular complexity index is 238. The van der Waals surface area contributed by atoms with Gasteiger partial charge in [-0.25, -0.2) is 0 Å². The van der Waals surface area contributed by atoms with Crippen molar-refractivity contribution in [2.45, 2.75) is 45.1 Å². The van der Waals surface area contributed by atoms with Crippen molar-refractivity contribution in [3.8, 4) is 0 Å². The molecule has 1 saturated carbocycles. The van der Waals surface area contributed by atoms with Crippen molar-refractivity contribution in [2.24, 2.45) is 11.8 Å². The normalized spacial score (nSPS) is 30.1. The fraction of sp³-hybridized carbons (Fsp3) is 0.917. The zero-order chi connectivity index (χ0) is 10.8. The molecule has 3 heteroatoms. The molecule has 0 radical (unpaired) electrons. The van der Waals surface area contributed by atoms with E-state index in [4.69, 9.17) is 5.11 Å². The zero-order valence-electron chi connectivity index (χ0n) is 9.48. The second-order valence-corrected chi connectivity index (χ2v) is 5.20. The van der Waals surface area contributed by atoms with Crippen LogP contribution in [0.1, 0.15) is 39.0 Å². The third-order valence-corrected chi connectivity index (χ3v) is 3.85. The van der Waals surface area contributed by atoms with Gasteiger partial charge in [-0.15, -0.1) is 0 Å². The Kier molecular flexibility index (Phi) is 3.29. The molecule has 0 aromatic carbocycles. The minimum absolute atomic E-state index is 0.336. The van der Waals surface area contributed by atoms with E-state index in [-0.39, 0.29) is 0 Å². The summed E-state index contributed by atoms with van der Waals surface area (Å²) in [6, 6.07) is 0.838. The Morgan fingerprint density at radius 1 is 1.47 bits per heavy atom. The Morgan fingerprint density at radius 2 is 2.20 bits per heavy atom. The number of carboxylic acids is 1. The smallest absolute Gasteiger partial charge is 0.303 e. The summed E-state index contributed by atoms with van der Waals surface area (Å²) in [6.45, 7) is 4.47. The molecule has 2 unspecified atom stereocenters. The molecule has 1 N–H and O–H groups in total. The first-order chi connectivity index (χ1) is 7.16. The van der Waals surface area contributed by atoms with E-state index >= 15 is 0 Å². The Labute approximate surface area is 91.5 Å². The number of carboxylic acid groups (broad SMARTS) is 1. The van der Waals surface area contributed by atoms with Crippen LogP contribution in [0.2, 0.25) is 0 Å². The largest absolute Gasteiger partial charge is 0.481 e. The third-order valence-electron chi connectivity index (χ3n) is 3.85. The molecular weight excluding hydrogens is 190 g/mol. The van der Waals surface area contributed by atoms with Crippen LogP contribution in [-0.2, 0) is 4.79 Å². The van der Waals surface area contributed by atoms with Crippen LogP contribution in [0.4, 0.5) is 0 Å². The number of likely N-dealkylation sites (tertiary alicyclic amines) is 1. The minimum atomic E-state index is -0.647. The van der Waals surface area contributed by atoms with Crippen LogP contribution in [0.25, 0.3) is 0 Å². The molecule has 0 aromatic heterocycles. The molecule has 1 aliphatic carbocycles. The van der Waals surface area contributed by atoms with Gasteiger partial charge in [0.05, 0.1) is 0 Å². The molecular formula is C12H21NO2. The van der Waals surface area contributed by atoms with E-state index in [2.05, 4.69) is 11.8 Å². The lowest BCUT2D eigenvalue weighted by Crippen LogP contribution is -2.39. The molecule has 0 aromatic rings. The van der Waals surface area contributed by atoms with Crippen molar-refractivity contribution in [3.05, 3.63) is 0 Å². The molecule has 1 aliphatic heterocycles. The Morgan fingerprint density at radius 3 is 2.80 bits per heavy atom. The van der Waals surface area contributed by atoms with E-state index in [1.54, 1.807) is 0 Å². The van der Waals surface area contributed by atoms with Crippen LogP contribution in [0, 0.1) is 11.8 Å². The fourth-order valence-corrected chi connectivity index (χ4v) is 2.72. The standard InChI is InChI=1S/C12H21NO2/c1-9(7-12(14)15)10-3-2-6-13(8-10)11-4-5-11/h9-11H,2-8H2,1H3,(H,14,15). The van der Waals surface area contributed by atoms with Gasteiger partial charge in [0.25, 0.3) is 0 Å². The second-order valence-electron chi connectivity index (χ2n) is 5.20. The monoisotopic (exact) mass is 211 g/mol. The van der Waals surface area contributed by atoms with Crippen molar-refractivity contribution in [2.75, 3.05) is 13.1 Å². The number of hydrogen-bond acceptors (Lipinski definition) is 2. The number of nitrogens with zero attached hydrogens (tertiary/aromatic N) is 1. The van der Waals surface area contributed by atoms with Gasteiger partial charge >= 0.3 is 5.97 Å². The van der Waals surface area contributed by atoms with E-state index < -0.39 is 5.97 Å². The highest BCUT2D eigenvalue weighted by Gasteiger charge is 2.34. The third kappa shape index (κ3) is 2.94. The summed E-state index contributed by atoms with van der Waals surface area (Å²) in [7, 11) is 0. The molecule has 2 fully saturated rings. The molecule has 2 atom stereocenters. The molecule has 2 rings (SSSR count). The average molecular weight is 211 g/mol. The maximum absolute atomic E-state index is 10.7. The average Bonchev–Trinajstić information content (AvgIpc) is 3.00. The molecule has 86 valence electrons. The topological polar surface area (TPSA) is 40.5 Å². The van der Waals surface area contributed by atoms with E-state index in [9.17, 15) is 4.79 Å². The van der Waals surface area contributed by atoms with E-state index in [0.717, 1.165) is 12.6 Å². The summed E-state index contributed by atoms with van der Waals surface area (Å²) in [6.07, 6.45) is 5.53. The number of piperidine rings is 1. The molecule has 3 nitrogen and oxygen atoms in total. The lowest BCUT2D eigenvalue weighted by atomic mass is 9.84. The Balaban J connectivity index is 1.82. The van der Waals surface area contributed by atoms with Crippen molar-refractivity contribution in [1.82, 2.24) is 4.90 Å². The van der Waals surface area contributed by atoms with Crippen molar-refractivity contribution < 1.29 is 9.90 Å². The highest BCUT2D eigenvalue weighted by atomic mass is 16.4. The number of hydrogen-bond donors (Lipinski definition) is 1. The number of aliphatic carboxylic acids is 1. The summed E-state index contributed by atoms with van der Waals surface area (Å²) in [4.78, 5) is 13.2. The summed E-state index contributed by atoms with van der Waals surface area (Å²) in [5.41, 5.74) is 0. The SMILES string of the molecule is CC(CC(=O)O)C1CCCN(C2CC2)C1. The van der Waals surface area contributed by atoms with E-state index in [1.165, 1.54) is 32.2 Å². The first kappa shape index (κ1) is 10.9. The quantitative estimate of drug-likeness (QED) is 0.773. The van der Waals surface area contributed by atoms with Gasteiger partial charge in [-0.3, -0.25) is 4.79 Å². The predicted molar refractivity (Wildman–Crippen MR) is 58.7 cm³/mol. The predicted octanol–water partition coefficient (Wildman–Crippen LogP) is 1.97. The molecule has 0 bridgehead atoms. The first-order valence-electron chi connectivity index (χ1n) is 6.12. The van der Waals surface area contributed by atoms with Crippen molar-refractivity contribution in [3.63, 3.8) is 0 Å². The van der Waals surface area contributed by atoms with Crippen LogP contribution in [0.3, 0.4) is 0 Å². The molecule has 0 spiro atoms. The van der Waals surface area contributed by atoms with Crippen molar-refractivity contribution >= 4 is 5.97 Å².